The predicted molar refractivity (Wildman–Crippen MR) is 90.1 cm³/mol. The average molecular weight is 354 g/mol. The van der Waals surface area contributed by atoms with E-state index < -0.39 is 0 Å². The van der Waals surface area contributed by atoms with Gasteiger partial charge in [-0.05, 0) is 23.6 Å². The van der Waals surface area contributed by atoms with E-state index in [1.54, 1.807) is 16.8 Å². The predicted octanol–water partition coefficient (Wildman–Crippen LogP) is 3.31. The van der Waals surface area contributed by atoms with Gasteiger partial charge in [0.1, 0.15) is 5.69 Å². The second kappa shape index (κ2) is 8.13. The summed E-state index contributed by atoms with van der Waals surface area (Å²) in [5.74, 6) is 0.0712. The third-order valence-corrected chi connectivity index (χ3v) is 4.23. The molecule has 0 saturated carbocycles. The minimum absolute atomic E-state index is 0.0572. The first-order valence-corrected chi connectivity index (χ1v) is 7.93. The quantitative estimate of drug-likeness (QED) is 0.776. The third kappa shape index (κ3) is 5.08. The number of benzene rings is 1. The van der Waals surface area contributed by atoms with Gasteiger partial charge >= 0.3 is 0 Å². The number of nitrogens with zero attached hydrogens (tertiary/aromatic N) is 2. The van der Waals surface area contributed by atoms with Crippen LogP contribution < -0.4 is 5.32 Å². The molecular formula is C16H17Cl2N3O2. The lowest BCUT2D eigenvalue weighted by Crippen LogP contribution is -2.28. The number of aryl methyl sites for hydroxylation is 1. The molecule has 23 heavy (non-hydrogen) atoms. The van der Waals surface area contributed by atoms with Gasteiger partial charge < -0.3 is 9.88 Å². The minimum Gasteiger partial charge on any atom is -0.355 e. The SMILES string of the molecule is CC(CNC(=O)CCn1cnc(C=O)c1)c1ccc(Cl)c(Cl)c1. The van der Waals surface area contributed by atoms with E-state index in [1.165, 1.54) is 6.33 Å². The highest BCUT2D eigenvalue weighted by Gasteiger charge is 2.10. The first kappa shape index (κ1) is 17.5. The van der Waals surface area contributed by atoms with E-state index in [0.717, 1.165) is 5.56 Å². The fourth-order valence-electron chi connectivity index (χ4n) is 2.08. The number of aromatic nitrogens is 2. The van der Waals surface area contributed by atoms with Crippen molar-refractivity contribution >= 4 is 35.4 Å². The number of imidazole rings is 1. The Balaban J connectivity index is 1.79. The molecule has 0 bridgehead atoms. The summed E-state index contributed by atoms with van der Waals surface area (Å²) < 4.78 is 1.71. The number of hydrogen-bond acceptors (Lipinski definition) is 3. The van der Waals surface area contributed by atoms with Crippen LogP contribution in [0.25, 0.3) is 0 Å². The van der Waals surface area contributed by atoms with E-state index in [9.17, 15) is 9.59 Å². The van der Waals surface area contributed by atoms with E-state index >= 15 is 0 Å². The summed E-state index contributed by atoms with van der Waals surface area (Å²) in [5.41, 5.74) is 1.38. The monoisotopic (exact) mass is 353 g/mol. The van der Waals surface area contributed by atoms with Gasteiger partial charge in [0, 0.05) is 25.7 Å². The maximum atomic E-state index is 11.9. The number of hydrogen-bond donors (Lipinski definition) is 1. The van der Waals surface area contributed by atoms with Crippen LogP contribution in [-0.4, -0.2) is 28.3 Å². The van der Waals surface area contributed by atoms with E-state index in [-0.39, 0.29) is 11.8 Å². The summed E-state index contributed by atoms with van der Waals surface area (Å²) in [6.45, 7) is 3.00. The van der Waals surface area contributed by atoms with Gasteiger partial charge in [0.15, 0.2) is 6.29 Å². The molecule has 0 fully saturated rings. The van der Waals surface area contributed by atoms with Gasteiger partial charge in [-0.3, -0.25) is 9.59 Å². The molecule has 0 radical (unpaired) electrons. The van der Waals surface area contributed by atoms with Crippen LogP contribution in [0.5, 0.6) is 0 Å². The van der Waals surface area contributed by atoms with Gasteiger partial charge in [0.2, 0.25) is 5.91 Å². The van der Waals surface area contributed by atoms with Crippen molar-refractivity contribution in [2.45, 2.75) is 25.8 Å². The maximum Gasteiger partial charge on any atom is 0.221 e. The minimum atomic E-state index is -0.0572. The molecule has 0 saturated heterocycles. The van der Waals surface area contributed by atoms with E-state index in [4.69, 9.17) is 23.2 Å². The first-order valence-electron chi connectivity index (χ1n) is 7.18. The molecule has 0 aliphatic heterocycles. The molecule has 1 aromatic heterocycles. The van der Waals surface area contributed by atoms with E-state index in [2.05, 4.69) is 10.3 Å². The number of rotatable bonds is 7. The number of nitrogens with one attached hydrogen (secondary N) is 1. The standard InChI is InChI=1S/C16H17Cl2N3O2/c1-11(12-2-3-14(17)15(18)6-12)7-19-16(23)4-5-21-8-13(9-22)20-10-21/h2-3,6,8-11H,4-5,7H2,1H3,(H,19,23). The van der Waals surface area contributed by atoms with Crippen molar-refractivity contribution in [1.82, 2.24) is 14.9 Å². The summed E-state index contributed by atoms with van der Waals surface area (Å²) in [7, 11) is 0. The highest BCUT2D eigenvalue weighted by Crippen LogP contribution is 2.26. The van der Waals surface area contributed by atoms with Crippen LogP contribution in [0.1, 0.15) is 35.3 Å². The maximum absolute atomic E-state index is 11.9. The number of carbonyl (C=O) groups is 2. The van der Waals surface area contributed by atoms with E-state index in [0.29, 0.717) is 41.5 Å². The Kier molecular flexibility index (Phi) is 6.19. The topological polar surface area (TPSA) is 64.0 Å². The molecule has 1 atom stereocenters. The van der Waals surface area contributed by atoms with Crippen LogP contribution in [0.4, 0.5) is 0 Å². The highest BCUT2D eigenvalue weighted by atomic mass is 35.5. The van der Waals surface area contributed by atoms with Crippen molar-refractivity contribution in [3.05, 3.63) is 52.0 Å². The molecule has 5 nitrogen and oxygen atoms in total. The van der Waals surface area contributed by atoms with Crippen molar-refractivity contribution in [3.8, 4) is 0 Å². The zero-order valence-electron chi connectivity index (χ0n) is 12.6. The van der Waals surface area contributed by atoms with Crippen molar-refractivity contribution in [3.63, 3.8) is 0 Å². The van der Waals surface area contributed by atoms with Crippen molar-refractivity contribution in [1.29, 1.82) is 0 Å². The van der Waals surface area contributed by atoms with Crippen LogP contribution >= 0.6 is 23.2 Å². The zero-order chi connectivity index (χ0) is 16.8. The molecule has 1 amide bonds. The Bertz CT molecular complexity index is 700. The largest absolute Gasteiger partial charge is 0.355 e. The van der Waals surface area contributed by atoms with E-state index in [1.807, 2.05) is 19.1 Å². The molecule has 0 aliphatic carbocycles. The molecule has 122 valence electrons. The van der Waals surface area contributed by atoms with Crippen LogP contribution in [0.2, 0.25) is 10.0 Å². The number of carbonyl (C=O) groups excluding carboxylic acids is 2. The number of amides is 1. The molecule has 1 unspecified atom stereocenters. The Morgan fingerprint density at radius 2 is 2.17 bits per heavy atom. The Labute approximate surface area is 144 Å². The second-order valence-corrected chi connectivity index (χ2v) is 6.10. The van der Waals surface area contributed by atoms with Crippen molar-refractivity contribution in [2.75, 3.05) is 6.54 Å². The fourth-order valence-corrected chi connectivity index (χ4v) is 2.39. The Morgan fingerprint density at radius 3 is 2.83 bits per heavy atom. The number of aldehydes is 1. The van der Waals surface area contributed by atoms with Crippen LogP contribution in [0.15, 0.2) is 30.7 Å². The zero-order valence-corrected chi connectivity index (χ0v) is 14.1. The van der Waals surface area contributed by atoms with Crippen molar-refractivity contribution < 1.29 is 9.59 Å². The molecule has 2 rings (SSSR count). The van der Waals surface area contributed by atoms with Gasteiger partial charge in [0.25, 0.3) is 0 Å². The molecule has 7 heteroatoms. The third-order valence-electron chi connectivity index (χ3n) is 3.49. The molecule has 0 aliphatic rings. The molecule has 1 N–H and O–H groups in total. The summed E-state index contributed by atoms with van der Waals surface area (Å²) in [6, 6.07) is 5.46. The van der Waals surface area contributed by atoms with Crippen molar-refractivity contribution in [2.24, 2.45) is 0 Å². The average Bonchev–Trinajstić information content (AvgIpc) is 3.01. The van der Waals surface area contributed by atoms with Gasteiger partial charge in [0.05, 0.1) is 16.4 Å². The van der Waals surface area contributed by atoms with Crippen LogP contribution in [0, 0.1) is 0 Å². The lowest BCUT2D eigenvalue weighted by atomic mass is 10.0. The molecule has 0 spiro atoms. The second-order valence-electron chi connectivity index (χ2n) is 5.28. The highest BCUT2D eigenvalue weighted by molar-refractivity contribution is 6.42. The lowest BCUT2D eigenvalue weighted by Gasteiger charge is -2.14. The molecule has 1 aromatic carbocycles. The van der Waals surface area contributed by atoms with Crippen LogP contribution in [0.3, 0.4) is 0 Å². The Hall–Kier alpha value is -1.85. The summed E-state index contributed by atoms with van der Waals surface area (Å²) in [5, 5.41) is 3.91. The Morgan fingerprint density at radius 1 is 1.39 bits per heavy atom. The number of halogens is 2. The van der Waals surface area contributed by atoms with Gasteiger partial charge in [-0.15, -0.1) is 0 Å². The molecular weight excluding hydrogens is 337 g/mol. The molecule has 2 aromatic rings. The lowest BCUT2D eigenvalue weighted by molar-refractivity contribution is -0.121. The normalized spacial score (nSPS) is 12.0. The molecule has 1 heterocycles. The smallest absolute Gasteiger partial charge is 0.221 e. The van der Waals surface area contributed by atoms with Gasteiger partial charge in [-0.25, -0.2) is 4.98 Å². The summed E-state index contributed by atoms with van der Waals surface area (Å²) in [6.07, 6.45) is 4.15. The summed E-state index contributed by atoms with van der Waals surface area (Å²) >= 11 is 11.9. The first-order chi connectivity index (χ1) is 11.0. The van der Waals surface area contributed by atoms with Crippen LogP contribution in [-0.2, 0) is 11.3 Å². The van der Waals surface area contributed by atoms with Gasteiger partial charge in [-0.1, -0.05) is 36.2 Å². The van der Waals surface area contributed by atoms with Gasteiger partial charge in [-0.2, -0.15) is 0 Å². The summed E-state index contributed by atoms with van der Waals surface area (Å²) in [4.78, 5) is 26.3. The fraction of sp³-hybridized carbons (Fsp3) is 0.312.